The molecule has 2 heterocycles. The number of thiazole rings is 1. The van der Waals surface area contributed by atoms with Crippen molar-refractivity contribution in [1.82, 2.24) is 4.98 Å². The van der Waals surface area contributed by atoms with Gasteiger partial charge in [0.25, 0.3) is 0 Å². The molecule has 0 spiro atoms. The zero-order valence-corrected chi connectivity index (χ0v) is 17.1. The Morgan fingerprint density at radius 1 is 1.12 bits per heavy atom. The molecule has 0 atom stereocenters. The van der Waals surface area contributed by atoms with Gasteiger partial charge in [-0.1, -0.05) is 28.1 Å². The number of rotatable bonds is 6. The molecule has 0 fully saturated rings. The van der Waals surface area contributed by atoms with Gasteiger partial charge in [0.1, 0.15) is 0 Å². The van der Waals surface area contributed by atoms with Crippen molar-refractivity contribution in [1.29, 1.82) is 0 Å². The summed E-state index contributed by atoms with van der Waals surface area (Å²) in [4.78, 5) is 29.5. The van der Waals surface area contributed by atoms with E-state index in [9.17, 15) is 9.59 Å². The molecule has 3 rings (SSSR count). The molecule has 0 aliphatic carbocycles. The summed E-state index contributed by atoms with van der Waals surface area (Å²) < 4.78 is 0.944. The first-order valence-electron chi connectivity index (χ1n) is 7.82. The summed E-state index contributed by atoms with van der Waals surface area (Å²) in [6.07, 6.45) is 0.484. The molecular weight excluding hydrogens is 434 g/mol. The van der Waals surface area contributed by atoms with E-state index in [2.05, 4.69) is 31.5 Å². The van der Waals surface area contributed by atoms with E-state index >= 15 is 0 Å². The lowest BCUT2D eigenvalue weighted by Crippen LogP contribution is -2.15. The van der Waals surface area contributed by atoms with E-state index in [1.807, 2.05) is 42.6 Å². The highest BCUT2D eigenvalue weighted by Crippen LogP contribution is 2.21. The van der Waals surface area contributed by atoms with Gasteiger partial charge in [-0.05, 0) is 36.1 Å². The molecule has 0 bridgehead atoms. The zero-order chi connectivity index (χ0) is 18.5. The van der Waals surface area contributed by atoms with Crippen LogP contribution in [0.4, 0.5) is 10.8 Å². The molecule has 0 saturated heterocycles. The minimum absolute atomic E-state index is 0.109. The number of carbonyl (C=O) groups is 2. The summed E-state index contributed by atoms with van der Waals surface area (Å²) in [6.45, 7) is 1.99. The maximum Gasteiger partial charge on any atom is 0.231 e. The Morgan fingerprint density at radius 3 is 2.65 bits per heavy atom. The van der Waals surface area contributed by atoms with Crippen LogP contribution in [0.25, 0.3) is 0 Å². The predicted octanol–water partition coefficient (Wildman–Crippen LogP) is 4.64. The summed E-state index contributed by atoms with van der Waals surface area (Å²) in [5, 5.41) is 9.85. The van der Waals surface area contributed by atoms with Crippen LogP contribution in [0.15, 0.2) is 45.6 Å². The van der Waals surface area contributed by atoms with Crippen molar-refractivity contribution in [2.45, 2.75) is 19.8 Å². The minimum atomic E-state index is -0.150. The van der Waals surface area contributed by atoms with E-state index in [4.69, 9.17) is 0 Å². The number of thiophene rings is 1. The minimum Gasteiger partial charge on any atom is -0.326 e. The molecule has 2 N–H and O–H groups in total. The van der Waals surface area contributed by atoms with Crippen LogP contribution >= 0.6 is 38.6 Å². The highest BCUT2D eigenvalue weighted by molar-refractivity contribution is 9.10. The number of benzene rings is 1. The SMILES string of the molecule is Cc1ccc(NC(=O)Cc2csc(NC(=O)Cc3cccs3)n2)cc1Br. The Morgan fingerprint density at radius 2 is 1.92 bits per heavy atom. The second-order valence-electron chi connectivity index (χ2n) is 5.64. The Bertz CT molecular complexity index is 922. The molecule has 0 aliphatic rings. The number of carbonyl (C=O) groups excluding carboxylic acids is 2. The van der Waals surface area contributed by atoms with Crippen LogP contribution in [0.1, 0.15) is 16.1 Å². The predicted molar refractivity (Wildman–Crippen MR) is 110 cm³/mol. The molecule has 3 aromatic rings. The number of hydrogen-bond acceptors (Lipinski definition) is 5. The second-order valence-corrected chi connectivity index (χ2v) is 8.38. The molecule has 1 aromatic carbocycles. The van der Waals surface area contributed by atoms with Crippen molar-refractivity contribution >= 4 is 61.2 Å². The molecule has 0 unspecified atom stereocenters. The van der Waals surface area contributed by atoms with Gasteiger partial charge in [-0.25, -0.2) is 4.98 Å². The Hall–Kier alpha value is -2.03. The summed E-state index contributed by atoms with van der Waals surface area (Å²) in [6, 6.07) is 9.49. The average Bonchev–Trinajstić information content (AvgIpc) is 3.23. The smallest absolute Gasteiger partial charge is 0.231 e. The number of amides is 2. The Kier molecular flexibility index (Phi) is 6.18. The number of nitrogens with zero attached hydrogens (tertiary/aromatic N) is 1. The zero-order valence-electron chi connectivity index (χ0n) is 13.9. The van der Waals surface area contributed by atoms with Gasteiger partial charge in [0.05, 0.1) is 18.5 Å². The van der Waals surface area contributed by atoms with Crippen molar-refractivity contribution in [2.24, 2.45) is 0 Å². The molecule has 8 heteroatoms. The third-order valence-electron chi connectivity index (χ3n) is 3.51. The third kappa shape index (κ3) is 5.23. The second kappa shape index (κ2) is 8.57. The number of halogens is 1. The van der Waals surface area contributed by atoms with Gasteiger partial charge in [-0.2, -0.15) is 0 Å². The molecule has 26 heavy (non-hydrogen) atoms. The molecule has 2 aromatic heterocycles. The normalized spacial score (nSPS) is 10.5. The monoisotopic (exact) mass is 449 g/mol. The molecule has 0 saturated carbocycles. The number of anilines is 2. The van der Waals surface area contributed by atoms with Crippen molar-refractivity contribution in [3.05, 3.63) is 61.7 Å². The van der Waals surface area contributed by atoms with E-state index in [0.29, 0.717) is 17.2 Å². The molecule has 5 nitrogen and oxygen atoms in total. The first kappa shape index (κ1) is 18.8. The largest absolute Gasteiger partial charge is 0.326 e. The fourth-order valence-corrected chi connectivity index (χ4v) is 4.03. The lowest BCUT2D eigenvalue weighted by molar-refractivity contribution is -0.116. The molecule has 0 radical (unpaired) electrons. The lowest BCUT2D eigenvalue weighted by atomic mass is 10.2. The van der Waals surface area contributed by atoms with Crippen LogP contribution in [0.3, 0.4) is 0 Å². The topological polar surface area (TPSA) is 71.1 Å². The van der Waals surface area contributed by atoms with Gasteiger partial charge >= 0.3 is 0 Å². The van der Waals surface area contributed by atoms with E-state index < -0.39 is 0 Å². The first-order chi connectivity index (χ1) is 12.5. The fraction of sp³-hybridized carbons (Fsp3) is 0.167. The Balaban J connectivity index is 1.53. The lowest BCUT2D eigenvalue weighted by Gasteiger charge is -2.06. The van der Waals surface area contributed by atoms with Crippen LogP contribution in [0, 0.1) is 6.92 Å². The summed E-state index contributed by atoms with van der Waals surface area (Å²) in [5.74, 6) is -0.259. The van der Waals surface area contributed by atoms with Gasteiger partial charge < -0.3 is 10.6 Å². The highest BCUT2D eigenvalue weighted by atomic mass is 79.9. The van der Waals surface area contributed by atoms with Crippen molar-refractivity contribution in [2.75, 3.05) is 10.6 Å². The molecule has 0 aliphatic heterocycles. The van der Waals surface area contributed by atoms with Gasteiger partial charge in [-0.15, -0.1) is 22.7 Å². The standard InChI is InChI=1S/C18H16BrN3O2S2/c1-11-4-5-12(7-15(11)19)20-16(23)8-13-10-26-18(21-13)22-17(24)9-14-3-2-6-25-14/h2-7,10H,8-9H2,1H3,(H,20,23)(H,21,22,24). The summed E-state index contributed by atoms with van der Waals surface area (Å²) in [5.41, 5.74) is 2.46. The maximum absolute atomic E-state index is 12.2. The summed E-state index contributed by atoms with van der Waals surface area (Å²) in [7, 11) is 0. The van der Waals surface area contributed by atoms with Crippen LogP contribution in [-0.4, -0.2) is 16.8 Å². The van der Waals surface area contributed by atoms with Crippen molar-refractivity contribution in [3.63, 3.8) is 0 Å². The van der Waals surface area contributed by atoms with E-state index in [0.717, 1.165) is 20.6 Å². The van der Waals surface area contributed by atoms with Crippen LogP contribution in [0.5, 0.6) is 0 Å². The van der Waals surface area contributed by atoms with E-state index in [1.165, 1.54) is 11.3 Å². The molecule has 134 valence electrons. The first-order valence-corrected chi connectivity index (χ1v) is 10.4. The van der Waals surface area contributed by atoms with Crippen molar-refractivity contribution < 1.29 is 9.59 Å². The third-order valence-corrected chi connectivity index (χ3v) is 6.05. The number of hydrogen-bond donors (Lipinski definition) is 2. The number of aromatic nitrogens is 1. The quantitative estimate of drug-likeness (QED) is 0.575. The van der Waals surface area contributed by atoms with E-state index in [1.54, 1.807) is 16.7 Å². The highest BCUT2D eigenvalue weighted by Gasteiger charge is 2.11. The van der Waals surface area contributed by atoms with Crippen LogP contribution in [-0.2, 0) is 22.4 Å². The van der Waals surface area contributed by atoms with Crippen molar-refractivity contribution in [3.8, 4) is 0 Å². The fourth-order valence-electron chi connectivity index (χ4n) is 2.22. The number of aryl methyl sites for hydroxylation is 1. The molecular formula is C18H16BrN3O2S2. The van der Waals surface area contributed by atoms with Gasteiger partial charge in [-0.3, -0.25) is 9.59 Å². The maximum atomic E-state index is 12.2. The van der Waals surface area contributed by atoms with Gasteiger partial charge in [0.2, 0.25) is 11.8 Å². The van der Waals surface area contributed by atoms with Crippen LogP contribution in [0.2, 0.25) is 0 Å². The Labute approximate surface area is 167 Å². The average molecular weight is 450 g/mol. The van der Waals surface area contributed by atoms with Gasteiger partial charge in [0.15, 0.2) is 5.13 Å². The number of nitrogens with one attached hydrogen (secondary N) is 2. The summed E-state index contributed by atoms with van der Waals surface area (Å²) >= 11 is 6.31. The van der Waals surface area contributed by atoms with Crippen LogP contribution < -0.4 is 10.6 Å². The van der Waals surface area contributed by atoms with E-state index in [-0.39, 0.29) is 18.2 Å². The molecule has 2 amide bonds. The van der Waals surface area contributed by atoms with Gasteiger partial charge in [0, 0.05) is 20.4 Å².